The van der Waals surface area contributed by atoms with Gasteiger partial charge in [-0.2, -0.15) is 0 Å². The highest BCUT2D eigenvalue weighted by atomic mass is 16.5. The van der Waals surface area contributed by atoms with Crippen molar-refractivity contribution in [3.8, 4) is 5.75 Å². The largest absolute Gasteiger partial charge is 0.496 e. The molecule has 1 aromatic rings. The zero-order valence-electron chi connectivity index (χ0n) is 11.9. The van der Waals surface area contributed by atoms with Gasteiger partial charge in [0.15, 0.2) is 0 Å². The van der Waals surface area contributed by atoms with E-state index in [0.717, 1.165) is 31.5 Å². The number of carbonyl (C=O) groups excluding carboxylic acids is 2. The Morgan fingerprint density at radius 2 is 2.00 bits per heavy atom. The summed E-state index contributed by atoms with van der Waals surface area (Å²) in [6.45, 7) is 3.47. The number of aryl methyl sites for hydroxylation is 1. The lowest BCUT2D eigenvalue weighted by molar-refractivity contribution is -0.129. The molecule has 0 spiro atoms. The van der Waals surface area contributed by atoms with Crippen molar-refractivity contribution in [2.24, 2.45) is 0 Å². The van der Waals surface area contributed by atoms with E-state index in [-0.39, 0.29) is 18.4 Å². The Balaban J connectivity index is 2.00. The minimum absolute atomic E-state index is 0.0246. The first kappa shape index (κ1) is 14.4. The van der Waals surface area contributed by atoms with Gasteiger partial charge in [-0.05, 0) is 31.4 Å². The quantitative estimate of drug-likeness (QED) is 0.903. The predicted molar refractivity (Wildman–Crippen MR) is 75.9 cm³/mol. The van der Waals surface area contributed by atoms with Crippen LogP contribution >= 0.6 is 0 Å². The first-order valence-corrected chi connectivity index (χ1v) is 6.83. The second kappa shape index (κ2) is 6.41. The number of likely N-dealkylation sites (tertiary alicyclic amines) is 1. The summed E-state index contributed by atoms with van der Waals surface area (Å²) >= 11 is 0. The van der Waals surface area contributed by atoms with Crippen molar-refractivity contribution in [3.63, 3.8) is 0 Å². The molecule has 20 heavy (non-hydrogen) atoms. The van der Waals surface area contributed by atoms with E-state index in [1.54, 1.807) is 11.0 Å². The minimum Gasteiger partial charge on any atom is -0.496 e. The van der Waals surface area contributed by atoms with Crippen LogP contribution in [-0.4, -0.2) is 43.5 Å². The topological polar surface area (TPSA) is 58.6 Å². The van der Waals surface area contributed by atoms with Gasteiger partial charge in [-0.1, -0.05) is 12.1 Å². The number of rotatable bonds is 4. The van der Waals surface area contributed by atoms with Crippen molar-refractivity contribution in [2.75, 3.05) is 26.7 Å². The maximum Gasteiger partial charge on any atom is 0.255 e. The predicted octanol–water partition coefficient (Wildman–Crippen LogP) is 1.36. The molecule has 1 aliphatic rings. The molecule has 1 aromatic carbocycles. The summed E-state index contributed by atoms with van der Waals surface area (Å²) in [6, 6.07) is 5.42. The lowest BCUT2D eigenvalue weighted by atomic mass is 10.1. The zero-order chi connectivity index (χ0) is 14.5. The smallest absolute Gasteiger partial charge is 0.255 e. The third-order valence-electron chi connectivity index (χ3n) is 3.54. The molecule has 2 rings (SSSR count). The van der Waals surface area contributed by atoms with Gasteiger partial charge in [-0.25, -0.2) is 0 Å². The van der Waals surface area contributed by atoms with Crippen molar-refractivity contribution in [1.29, 1.82) is 0 Å². The number of nitrogens with one attached hydrogen (secondary N) is 1. The Hall–Kier alpha value is -2.04. The number of carbonyl (C=O) groups is 2. The molecule has 0 unspecified atom stereocenters. The molecule has 0 aliphatic carbocycles. The fraction of sp³-hybridized carbons (Fsp3) is 0.467. The SMILES string of the molecule is COc1cccc(C)c1C(=O)NCC(=O)N1CCCC1. The van der Waals surface area contributed by atoms with Crippen molar-refractivity contribution in [1.82, 2.24) is 10.2 Å². The summed E-state index contributed by atoms with van der Waals surface area (Å²) in [7, 11) is 1.53. The van der Waals surface area contributed by atoms with Crippen LogP contribution < -0.4 is 10.1 Å². The summed E-state index contributed by atoms with van der Waals surface area (Å²) in [5.74, 6) is 0.229. The van der Waals surface area contributed by atoms with Crippen LogP contribution in [0.3, 0.4) is 0 Å². The van der Waals surface area contributed by atoms with Gasteiger partial charge in [-0.3, -0.25) is 9.59 Å². The molecule has 1 heterocycles. The number of nitrogens with zero attached hydrogens (tertiary/aromatic N) is 1. The number of amides is 2. The molecule has 0 radical (unpaired) electrons. The number of methoxy groups -OCH3 is 1. The van der Waals surface area contributed by atoms with Gasteiger partial charge in [0.2, 0.25) is 5.91 Å². The molecule has 5 nitrogen and oxygen atoms in total. The molecule has 1 saturated heterocycles. The fourth-order valence-electron chi connectivity index (χ4n) is 2.42. The second-order valence-electron chi connectivity index (χ2n) is 4.92. The van der Waals surface area contributed by atoms with Gasteiger partial charge >= 0.3 is 0 Å². The van der Waals surface area contributed by atoms with E-state index >= 15 is 0 Å². The van der Waals surface area contributed by atoms with Crippen LogP contribution in [0.5, 0.6) is 5.75 Å². The molecule has 0 bridgehead atoms. The molecule has 0 aromatic heterocycles. The van der Waals surface area contributed by atoms with Crippen LogP contribution in [0.1, 0.15) is 28.8 Å². The summed E-state index contributed by atoms with van der Waals surface area (Å²) in [5.41, 5.74) is 1.32. The molecular formula is C15H20N2O3. The molecule has 0 saturated carbocycles. The third-order valence-corrected chi connectivity index (χ3v) is 3.54. The highest BCUT2D eigenvalue weighted by Crippen LogP contribution is 2.21. The van der Waals surface area contributed by atoms with Gasteiger partial charge < -0.3 is 15.0 Å². The Morgan fingerprint density at radius 3 is 2.65 bits per heavy atom. The molecule has 5 heteroatoms. The van der Waals surface area contributed by atoms with Crippen molar-refractivity contribution < 1.29 is 14.3 Å². The van der Waals surface area contributed by atoms with Gasteiger partial charge in [0, 0.05) is 13.1 Å². The Labute approximate surface area is 118 Å². The molecule has 1 aliphatic heterocycles. The second-order valence-corrected chi connectivity index (χ2v) is 4.92. The zero-order valence-corrected chi connectivity index (χ0v) is 11.9. The maximum absolute atomic E-state index is 12.2. The van der Waals surface area contributed by atoms with E-state index < -0.39 is 0 Å². The summed E-state index contributed by atoms with van der Waals surface area (Å²) in [5, 5.41) is 2.68. The average molecular weight is 276 g/mol. The van der Waals surface area contributed by atoms with E-state index in [9.17, 15) is 9.59 Å². The summed E-state index contributed by atoms with van der Waals surface area (Å²) in [6.07, 6.45) is 2.09. The van der Waals surface area contributed by atoms with Crippen molar-refractivity contribution >= 4 is 11.8 Å². The molecule has 1 fully saturated rings. The molecule has 2 amide bonds. The van der Waals surface area contributed by atoms with Gasteiger partial charge in [-0.15, -0.1) is 0 Å². The number of hydrogen-bond acceptors (Lipinski definition) is 3. The van der Waals surface area contributed by atoms with Crippen molar-refractivity contribution in [2.45, 2.75) is 19.8 Å². The van der Waals surface area contributed by atoms with Crippen LogP contribution in [0.25, 0.3) is 0 Å². The van der Waals surface area contributed by atoms with E-state index in [0.29, 0.717) is 11.3 Å². The van der Waals surface area contributed by atoms with Crippen LogP contribution in [-0.2, 0) is 4.79 Å². The number of ether oxygens (including phenoxy) is 1. The molecule has 1 N–H and O–H groups in total. The molecule has 108 valence electrons. The average Bonchev–Trinajstić information content (AvgIpc) is 2.98. The Kier molecular flexibility index (Phi) is 4.61. The standard InChI is InChI=1S/C15H20N2O3/c1-11-6-5-7-12(20-2)14(11)15(19)16-10-13(18)17-8-3-4-9-17/h5-7H,3-4,8-10H2,1-2H3,(H,16,19). The third kappa shape index (κ3) is 3.10. The van der Waals surface area contributed by atoms with Crippen LogP contribution in [0.4, 0.5) is 0 Å². The van der Waals surface area contributed by atoms with Gasteiger partial charge in [0.1, 0.15) is 5.75 Å². The fourth-order valence-corrected chi connectivity index (χ4v) is 2.42. The lowest BCUT2D eigenvalue weighted by Crippen LogP contribution is -2.38. The van der Waals surface area contributed by atoms with E-state index in [1.165, 1.54) is 7.11 Å². The summed E-state index contributed by atoms with van der Waals surface area (Å²) in [4.78, 5) is 25.9. The molecular weight excluding hydrogens is 256 g/mol. The summed E-state index contributed by atoms with van der Waals surface area (Å²) < 4.78 is 5.20. The molecule has 0 atom stereocenters. The van der Waals surface area contributed by atoms with Gasteiger partial charge in [0.05, 0.1) is 19.2 Å². The first-order valence-electron chi connectivity index (χ1n) is 6.83. The van der Waals surface area contributed by atoms with Crippen molar-refractivity contribution in [3.05, 3.63) is 29.3 Å². The Bertz CT molecular complexity index is 508. The van der Waals surface area contributed by atoms with E-state index in [2.05, 4.69) is 5.32 Å². The van der Waals surface area contributed by atoms with E-state index in [4.69, 9.17) is 4.74 Å². The van der Waals surface area contributed by atoms with Crippen LogP contribution in [0, 0.1) is 6.92 Å². The highest BCUT2D eigenvalue weighted by Gasteiger charge is 2.20. The highest BCUT2D eigenvalue weighted by molar-refractivity contribution is 6.00. The van der Waals surface area contributed by atoms with Gasteiger partial charge in [0.25, 0.3) is 5.91 Å². The number of benzene rings is 1. The Morgan fingerprint density at radius 1 is 1.30 bits per heavy atom. The monoisotopic (exact) mass is 276 g/mol. The minimum atomic E-state index is -0.271. The van der Waals surface area contributed by atoms with E-state index in [1.807, 2.05) is 19.1 Å². The number of hydrogen-bond donors (Lipinski definition) is 1. The first-order chi connectivity index (χ1) is 9.63. The lowest BCUT2D eigenvalue weighted by Gasteiger charge is -2.16. The maximum atomic E-state index is 12.2. The normalized spacial score (nSPS) is 14.2. The van der Waals surface area contributed by atoms with Crippen LogP contribution in [0.2, 0.25) is 0 Å². The van der Waals surface area contributed by atoms with Crippen LogP contribution in [0.15, 0.2) is 18.2 Å².